The van der Waals surface area contributed by atoms with Crippen LogP contribution in [0.3, 0.4) is 0 Å². The Bertz CT molecular complexity index is 1900. The first-order valence-corrected chi connectivity index (χ1v) is 19.0. The van der Waals surface area contributed by atoms with Crippen molar-refractivity contribution in [3.05, 3.63) is 57.2 Å². The minimum absolute atomic E-state index is 0. The van der Waals surface area contributed by atoms with Crippen molar-refractivity contribution >= 4 is 50.5 Å². The van der Waals surface area contributed by atoms with Gasteiger partial charge in [0, 0.05) is 278 Å². The van der Waals surface area contributed by atoms with Gasteiger partial charge in [-0.25, -0.2) is 24.3 Å². The van der Waals surface area contributed by atoms with Crippen molar-refractivity contribution in [1.29, 1.82) is 0 Å². The van der Waals surface area contributed by atoms with E-state index in [0.29, 0.717) is 54.7 Å². The predicted octanol–water partition coefficient (Wildman–Crippen LogP) is 0.889. The van der Waals surface area contributed by atoms with E-state index in [1.54, 1.807) is 12.1 Å². The molecule has 7 aliphatic heterocycles. The maximum atomic E-state index is 11.0. The zero-order chi connectivity index (χ0) is 42.4. The fourth-order valence-electron chi connectivity index (χ4n) is 8.36. The molecule has 4 bridgehead atoms. The number of aromatic hydroxyl groups is 2. The number of ether oxygens (including phenoxy) is 2. The predicted molar refractivity (Wildman–Crippen MR) is 214 cm³/mol. The summed E-state index contributed by atoms with van der Waals surface area (Å²) >= 11 is 0. The molecule has 2 aromatic carbocycles. The summed E-state index contributed by atoms with van der Waals surface area (Å²) in [6, 6.07) is 4.52. The number of phenolic OH excluding ortho intramolecular Hbond substituents is 2. The largest absolute Gasteiger partial charge is 0.653 e. The van der Waals surface area contributed by atoms with E-state index in [1.807, 2.05) is 0 Å². The van der Waals surface area contributed by atoms with E-state index >= 15 is 0 Å². The fourth-order valence-corrected chi connectivity index (χ4v) is 8.36. The number of likely N-dealkylation sites (tertiary alicyclic amines) is 1. The van der Waals surface area contributed by atoms with Crippen LogP contribution in [-0.4, -0.2) is 163 Å². The number of anilines is 2. The second-order valence-corrected chi connectivity index (χ2v) is 15.2. The Kier molecular flexibility index (Phi) is 30.0. The number of phenols is 2. The number of amides is 3. The van der Waals surface area contributed by atoms with Crippen molar-refractivity contribution in [3.8, 4) is 11.5 Å². The Morgan fingerprint density at radius 2 is 1.17 bits per heavy atom. The van der Waals surface area contributed by atoms with Crippen molar-refractivity contribution in [3.63, 3.8) is 0 Å². The molecular weight excluding hydrogens is 1940 g/mol. The van der Waals surface area contributed by atoms with Gasteiger partial charge in [-0.1, -0.05) is 25.9 Å². The molecule has 0 aromatic heterocycles. The number of piperidine rings is 1. The van der Waals surface area contributed by atoms with Gasteiger partial charge in [0.15, 0.2) is 11.6 Å². The van der Waals surface area contributed by atoms with Crippen molar-refractivity contribution in [2.45, 2.75) is 81.2 Å². The summed E-state index contributed by atoms with van der Waals surface area (Å²) in [6.07, 6.45) is 3.00. The SMILES string of the molecule is C.CC(=O)N(O)CCN1CCCCC1.NC(=O)OCC1c2c(O)cc(C=O)cc2N2CC3[N-]C3C1(O)O2.NC(=O)OCC1c2c(O)cc(C=O)cc2N2CC3[N-]C3C1(O)O2.[Ac].[Ac].[Ac].[Ac].[Ac].[B]. The molecule has 7 heterocycles. The number of carbonyl (C=O) groups excluding carboxylic acids is 5. The van der Waals surface area contributed by atoms with Gasteiger partial charge in [-0.2, -0.15) is 0 Å². The zero-order valence-electron chi connectivity index (χ0n) is 35.4. The van der Waals surface area contributed by atoms with Gasteiger partial charge in [-0.05, 0) is 50.2 Å². The molecule has 9 N–H and O–H groups in total. The summed E-state index contributed by atoms with van der Waals surface area (Å²) in [5.41, 5.74) is 12.1. The van der Waals surface area contributed by atoms with Crippen LogP contribution in [-0.2, 0) is 23.9 Å². The van der Waals surface area contributed by atoms with Gasteiger partial charge in [0.05, 0.1) is 29.8 Å². The number of rotatable bonds is 9. The molecule has 7 aliphatic rings. The van der Waals surface area contributed by atoms with Crippen LogP contribution in [0.15, 0.2) is 24.3 Å². The van der Waals surface area contributed by atoms with E-state index in [0.717, 1.165) is 24.7 Å². The monoisotopic (exact) mass is 1990 g/mol. The maximum absolute atomic E-state index is 11.0. The van der Waals surface area contributed by atoms with Gasteiger partial charge in [-0.15, -0.1) is 12.1 Å². The molecule has 3 amide bonds. The molecule has 8 atom stereocenters. The number of aldehydes is 2. The van der Waals surface area contributed by atoms with Crippen LogP contribution in [0.2, 0.25) is 0 Å². The summed E-state index contributed by atoms with van der Waals surface area (Å²) in [6.45, 7) is 5.05. The zero-order valence-corrected chi connectivity index (χ0v) is 59.1. The fraction of sp³-hybridized carbons (Fsp3) is 0.553. The molecule has 8 radical (unpaired) electrons. The summed E-state index contributed by atoms with van der Waals surface area (Å²) < 4.78 is 9.66. The van der Waals surface area contributed by atoms with Crippen LogP contribution >= 0.6 is 0 Å². The van der Waals surface area contributed by atoms with E-state index in [1.165, 1.54) is 48.4 Å². The van der Waals surface area contributed by atoms with Gasteiger partial charge >= 0.3 is 12.2 Å². The molecule has 5 fully saturated rings. The molecule has 9 rings (SSSR count). The Morgan fingerprint density at radius 1 is 0.773 bits per heavy atom. The summed E-state index contributed by atoms with van der Waals surface area (Å²) in [7, 11) is 0. The average molecular weight is 1990 g/mol. The molecule has 66 heavy (non-hydrogen) atoms. The number of carbonyl (C=O) groups is 5. The third-order valence-corrected chi connectivity index (χ3v) is 11.4. The smallest absolute Gasteiger partial charge is 0.404 e. The van der Waals surface area contributed by atoms with Crippen LogP contribution in [0, 0.1) is 220 Å². The minimum Gasteiger partial charge on any atom is -0.653 e. The van der Waals surface area contributed by atoms with E-state index in [4.69, 9.17) is 35.8 Å². The number of primary amides is 2. The first kappa shape index (κ1) is 67.9. The molecule has 28 heteroatoms. The van der Waals surface area contributed by atoms with Crippen molar-refractivity contribution in [2.24, 2.45) is 11.5 Å². The number of nitrogens with zero attached hydrogens (tertiary/aromatic N) is 6. The van der Waals surface area contributed by atoms with E-state index in [-0.39, 0.29) is 290 Å². The molecule has 0 aliphatic carbocycles. The molecule has 0 saturated carbocycles. The van der Waals surface area contributed by atoms with Crippen molar-refractivity contribution in [1.82, 2.24) is 9.96 Å². The van der Waals surface area contributed by atoms with Crippen LogP contribution in [0.1, 0.15) is 77.3 Å². The van der Waals surface area contributed by atoms with Crippen molar-refractivity contribution < 1.29 is 289 Å². The average Bonchev–Trinajstić information content (AvgIpc) is 4.14. The van der Waals surface area contributed by atoms with Crippen molar-refractivity contribution in [2.75, 3.05) is 62.6 Å². The summed E-state index contributed by atoms with van der Waals surface area (Å²) in [5, 5.41) is 63.7. The molecule has 5 saturated heterocycles. The van der Waals surface area contributed by atoms with E-state index < -0.39 is 47.7 Å². The van der Waals surface area contributed by atoms with Gasteiger partial charge < -0.3 is 56.9 Å². The second kappa shape index (κ2) is 29.1. The summed E-state index contributed by atoms with van der Waals surface area (Å²) in [5.74, 6) is -5.86. The normalized spacial score (nSPS) is 27.0. The molecule has 22 nitrogen and oxygen atoms in total. The van der Waals surface area contributed by atoms with E-state index in [9.17, 15) is 44.4 Å². The number of hydrogen-bond donors (Lipinski definition) is 7. The number of aliphatic hydroxyl groups is 2. The third kappa shape index (κ3) is 15.3. The quantitative estimate of drug-likeness (QED) is 0.0603. The van der Waals surface area contributed by atoms with Crippen LogP contribution < -0.4 is 21.6 Å². The first-order chi connectivity index (χ1) is 28.1. The molecule has 346 valence electrons. The Hall–Kier alpha value is 1.94. The standard InChI is InChI=1S/2C14H14N3O6.C9H18N2O2.CH4.5Ac.B/c2*15-13(20)22-5-7-11-9(1-6(4-18)2-10(11)19)17-3-8-12(16-8)14(7,21)23-17;1-9(12)11(13)8-7-10-5-3-2-4-6-10;;;;;;;/h2*1-2,4,7-8,12,19,21H,3,5H2,(H2,15,20);13H,2-8H2,1H3;1H4;;;;;;/q2*-1;;;;;;;;. The first-order valence-electron chi connectivity index (χ1n) is 19.0. The minimum atomic E-state index is -1.73. The molecule has 2 aromatic rings. The number of hydrogen-bond acceptors (Lipinski definition) is 17. The number of benzene rings is 2. The Balaban J connectivity index is 0.000000945. The van der Waals surface area contributed by atoms with Crippen LogP contribution in [0.5, 0.6) is 11.5 Å². The van der Waals surface area contributed by atoms with Gasteiger partial charge in [0.25, 0.3) is 0 Å². The number of hydroxylamine groups is 4. The van der Waals surface area contributed by atoms with Gasteiger partial charge in [-0.3, -0.25) is 29.7 Å². The van der Waals surface area contributed by atoms with Crippen LogP contribution in [0.4, 0.5) is 21.0 Å². The van der Waals surface area contributed by atoms with E-state index in [2.05, 4.69) is 15.5 Å². The molecule has 0 spiro atoms. The van der Waals surface area contributed by atoms with Crippen LogP contribution in [0.25, 0.3) is 10.6 Å². The summed E-state index contributed by atoms with van der Waals surface area (Å²) in [4.78, 5) is 68.2. The Morgan fingerprint density at radius 3 is 1.52 bits per heavy atom. The number of nitrogens with two attached hydrogens (primary N) is 2. The Labute approximate surface area is 562 Å². The second-order valence-electron chi connectivity index (χ2n) is 15.2. The number of fused-ring (bicyclic) bond motifs is 12. The molecule has 8 unspecified atom stereocenters. The third-order valence-electron chi connectivity index (χ3n) is 11.4. The molecular formula is C38H50Ac5BN8O14-2. The van der Waals surface area contributed by atoms with Gasteiger partial charge in [0.1, 0.15) is 37.3 Å². The topological polar surface area (TPSA) is 317 Å². The van der Waals surface area contributed by atoms with Gasteiger partial charge in [0.2, 0.25) is 5.91 Å². The maximum Gasteiger partial charge on any atom is 0.404 e.